The monoisotopic (exact) mass is 394 g/mol. The number of nitrogens with one attached hydrogen (secondary N) is 1. The van der Waals surface area contributed by atoms with Crippen LogP contribution in [0, 0.1) is 0 Å². The highest BCUT2D eigenvalue weighted by atomic mass is 16.5. The molecule has 152 valence electrons. The fraction of sp³-hybridized carbons (Fsp3) is 0.348. The molecule has 0 unspecified atom stereocenters. The van der Waals surface area contributed by atoms with Crippen molar-refractivity contribution < 1.29 is 19.1 Å². The zero-order valence-electron chi connectivity index (χ0n) is 16.5. The summed E-state index contributed by atoms with van der Waals surface area (Å²) in [6.07, 6.45) is 2.46. The maximum atomic E-state index is 13.1. The van der Waals surface area contributed by atoms with Crippen LogP contribution in [0.4, 0.5) is 0 Å². The summed E-state index contributed by atoms with van der Waals surface area (Å²) in [6.45, 7) is 1.93. The Kier molecular flexibility index (Phi) is 7.00. The van der Waals surface area contributed by atoms with Gasteiger partial charge < -0.3 is 15.0 Å². The average molecular weight is 394 g/mol. The quantitative estimate of drug-likeness (QED) is 0.578. The van der Waals surface area contributed by atoms with Crippen LogP contribution in [0.3, 0.4) is 0 Å². The first-order valence-corrected chi connectivity index (χ1v) is 9.88. The van der Waals surface area contributed by atoms with Gasteiger partial charge in [-0.3, -0.25) is 14.4 Å². The van der Waals surface area contributed by atoms with Gasteiger partial charge in [0.2, 0.25) is 12.3 Å². The molecule has 1 fully saturated rings. The van der Waals surface area contributed by atoms with Crippen molar-refractivity contribution in [3.8, 4) is 0 Å². The molecule has 6 nitrogen and oxygen atoms in total. The van der Waals surface area contributed by atoms with Gasteiger partial charge in [0, 0.05) is 13.5 Å². The van der Waals surface area contributed by atoms with E-state index in [9.17, 15) is 14.4 Å². The first-order valence-electron chi connectivity index (χ1n) is 9.88. The molecule has 0 radical (unpaired) electrons. The zero-order valence-corrected chi connectivity index (χ0v) is 16.5. The Bertz CT molecular complexity index is 825. The number of hydrogen-bond acceptors (Lipinski definition) is 4. The van der Waals surface area contributed by atoms with Crippen LogP contribution in [0.25, 0.3) is 0 Å². The van der Waals surface area contributed by atoms with E-state index >= 15 is 0 Å². The molecule has 1 saturated heterocycles. The van der Waals surface area contributed by atoms with Crippen molar-refractivity contribution in [2.75, 3.05) is 6.54 Å². The third-order valence-corrected chi connectivity index (χ3v) is 5.16. The van der Waals surface area contributed by atoms with Crippen LogP contribution < -0.4 is 5.32 Å². The molecule has 2 amide bonds. The van der Waals surface area contributed by atoms with E-state index in [-0.39, 0.29) is 5.91 Å². The summed E-state index contributed by atoms with van der Waals surface area (Å²) >= 11 is 0. The Morgan fingerprint density at radius 3 is 2.24 bits per heavy atom. The Balaban J connectivity index is 1.94. The Labute approximate surface area is 170 Å². The minimum Gasteiger partial charge on any atom is -0.455 e. The van der Waals surface area contributed by atoms with Crippen molar-refractivity contribution in [3.05, 3.63) is 71.8 Å². The lowest BCUT2D eigenvalue weighted by Crippen LogP contribution is -2.50. The van der Waals surface area contributed by atoms with E-state index in [2.05, 4.69) is 5.32 Å². The number of piperidine rings is 1. The molecule has 6 heteroatoms. The maximum Gasteiger partial charge on any atom is 0.303 e. The van der Waals surface area contributed by atoms with E-state index in [0.717, 1.165) is 30.4 Å². The molecule has 1 heterocycles. The van der Waals surface area contributed by atoms with Gasteiger partial charge in [-0.15, -0.1) is 0 Å². The summed E-state index contributed by atoms with van der Waals surface area (Å²) in [4.78, 5) is 37.9. The van der Waals surface area contributed by atoms with Gasteiger partial charge in [-0.2, -0.15) is 0 Å². The molecule has 0 aliphatic carbocycles. The highest BCUT2D eigenvalue weighted by Gasteiger charge is 2.34. The van der Waals surface area contributed by atoms with E-state index in [0.29, 0.717) is 13.0 Å². The lowest BCUT2D eigenvalue weighted by molar-refractivity contribution is -0.150. The minimum absolute atomic E-state index is 0.237. The largest absolute Gasteiger partial charge is 0.455 e. The van der Waals surface area contributed by atoms with Gasteiger partial charge in [-0.05, 0) is 30.4 Å². The number of benzene rings is 2. The standard InChI is InChI=1S/C23H26N2O4/c1-17(27)29-22(19-12-6-3-7-13-19)21(18-10-4-2-5-11-18)24-23(28)20-14-8-9-15-25(20)16-26/h2-7,10-13,16,20-22H,8-9,14-15H2,1H3,(H,24,28)/t20-,21-,22+/m0/s1. The van der Waals surface area contributed by atoms with Gasteiger partial charge in [-0.1, -0.05) is 60.7 Å². The van der Waals surface area contributed by atoms with Crippen molar-refractivity contribution in [2.24, 2.45) is 0 Å². The molecular formula is C23H26N2O4. The van der Waals surface area contributed by atoms with Crippen LogP contribution in [-0.2, 0) is 19.1 Å². The molecule has 1 N–H and O–H groups in total. The van der Waals surface area contributed by atoms with Gasteiger partial charge in [0.05, 0.1) is 6.04 Å². The summed E-state index contributed by atoms with van der Waals surface area (Å²) in [5.74, 6) is -0.667. The van der Waals surface area contributed by atoms with Crippen molar-refractivity contribution in [1.82, 2.24) is 10.2 Å². The van der Waals surface area contributed by atoms with E-state index in [1.54, 1.807) is 4.90 Å². The van der Waals surface area contributed by atoms with Crippen molar-refractivity contribution in [1.29, 1.82) is 0 Å². The number of ether oxygens (including phenoxy) is 1. The molecule has 1 aliphatic heterocycles. The maximum absolute atomic E-state index is 13.1. The Morgan fingerprint density at radius 1 is 1.03 bits per heavy atom. The van der Waals surface area contributed by atoms with Crippen LogP contribution in [0.1, 0.15) is 49.5 Å². The van der Waals surface area contributed by atoms with E-state index in [1.807, 2.05) is 60.7 Å². The van der Waals surface area contributed by atoms with Crippen LogP contribution in [0.15, 0.2) is 60.7 Å². The summed E-state index contributed by atoms with van der Waals surface area (Å²) in [5.41, 5.74) is 1.61. The molecule has 3 atom stereocenters. The summed E-state index contributed by atoms with van der Waals surface area (Å²) < 4.78 is 5.66. The number of carbonyl (C=O) groups is 3. The van der Waals surface area contributed by atoms with Gasteiger partial charge in [-0.25, -0.2) is 0 Å². The highest BCUT2D eigenvalue weighted by Crippen LogP contribution is 2.33. The van der Waals surface area contributed by atoms with Crippen molar-refractivity contribution >= 4 is 18.3 Å². The SMILES string of the molecule is CC(=O)O[C@H](c1ccccc1)[C@@H](NC(=O)[C@@H]1CCCCN1C=O)c1ccccc1. The molecule has 2 aromatic rings. The summed E-state index contributed by atoms with van der Waals surface area (Å²) in [5, 5.41) is 3.05. The van der Waals surface area contributed by atoms with E-state index < -0.39 is 24.2 Å². The third kappa shape index (κ3) is 5.22. The molecule has 29 heavy (non-hydrogen) atoms. The second kappa shape index (κ2) is 9.87. The van der Waals surface area contributed by atoms with Crippen LogP contribution in [-0.4, -0.2) is 35.8 Å². The second-order valence-corrected chi connectivity index (χ2v) is 7.19. The summed E-state index contributed by atoms with van der Waals surface area (Å²) in [6, 6.07) is 17.7. The van der Waals surface area contributed by atoms with Gasteiger partial charge in [0.1, 0.15) is 6.04 Å². The predicted molar refractivity (Wildman–Crippen MR) is 109 cm³/mol. The number of rotatable bonds is 7. The van der Waals surface area contributed by atoms with Crippen LogP contribution in [0.2, 0.25) is 0 Å². The molecular weight excluding hydrogens is 368 g/mol. The molecule has 3 rings (SSSR count). The van der Waals surface area contributed by atoms with Crippen LogP contribution in [0.5, 0.6) is 0 Å². The number of nitrogens with zero attached hydrogens (tertiary/aromatic N) is 1. The normalized spacial score (nSPS) is 18.4. The summed E-state index contributed by atoms with van der Waals surface area (Å²) in [7, 11) is 0. The molecule has 0 saturated carbocycles. The Morgan fingerprint density at radius 2 is 1.66 bits per heavy atom. The second-order valence-electron chi connectivity index (χ2n) is 7.19. The first-order chi connectivity index (χ1) is 14.1. The average Bonchev–Trinajstić information content (AvgIpc) is 2.77. The smallest absolute Gasteiger partial charge is 0.303 e. The zero-order chi connectivity index (χ0) is 20.6. The number of hydrogen-bond donors (Lipinski definition) is 1. The molecule has 0 bridgehead atoms. The molecule has 1 aliphatic rings. The number of esters is 1. The van der Waals surface area contributed by atoms with Gasteiger partial charge in [0.25, 0.3) is 0 Å². The lowest BCUT2D eigenvalue weighted by Gasteiger charge is -2.34. The first kappa shape index (κ1) is 20.6. The molecule has 2 aromatic carbocycles. The fourth-order valence-corrected chi connectivity index (χ4v) is 3.76. The van der Waals surface area contributed by atoms with Crippen molar-refractivity contribution in [2.45, 2.75) is 44.4 Å². The number of carbonyl (C=O) groups excluding carboxylic acids is 3. The lowest BCUT2D eigenvalue weighted by atomic mass is 9.94. The minimum atomic E-state index is -0.687. The molecule has 0 spiro atoms. The molecule has 0 aromatic heterocycles. The number of amides is 2. The van der Waals surface area contributed by atoms with E-state index in [1.165, 1.54) is 6.92 Å². The topological polar surface area (TPSA) is 75.7 Å². The van der Waals surface area contributed by atoms with Gasteiger partial charge >= 0.3 is 5.97 Å². The van der Waals surface area contributed by atoms with Crippen molar-refractivity contribution in [3.63, 3.8) is 0 Å². The fourth-order valence-electron chi connectivity index (χ4n) is 3.76. The van der Waals surface area contributed by atoms with E-state index in [4.69, 9.17) is 4.74 Å². The van der Waals surface area contributed by atoms with Gasteiger partial charge in [0.15, 0.2) is 6.10 Å². The third-order valence-electron chi connectivity index (χ3n) is 5.16. The highest BCUT2D eigenvalue weighted by molar-refractivity contribution is 5.84. The van der Waals surface area contributed by atoms with Crippen LogP contribution >= 0.6 is 0 Å². The number of likely N-dealkylation sites (tertiary alicyclic amines) is 1. The Hall–Kier alpha value is -3.15. The predicted octanol–water partition coefficient (Wildman–Crippen LogP) is 3.16.